The molecule has 1 saturated heterocycles. The van der Waals surface area contributed by atoms with E-state index in [4.69, 9.17) is 4.74 Å². The van der Waals surface area contributed by atoms with E-state index >= 15 is 0 Å². The minimum Gasteiger partial charge on any atom is -0.379 e. The third kappa shape index (κ3) is 4.90. The van der Waals surface area contributed by atoms with E-state index in [-0.39, 0.29) is 11.6 Å². The number of urea groups is 1. The summed E-state index contributed by atoms with van der Waals surface area (Å²) < 4.78 is 18.9. The normalized spacial score (nSPS) is 16.3. The molecule has 0 aliphatic carbocycles. The van der Waals surface area contributed by atoms with Gasteiger partial charge in [-0.25, -0.2) is 9.18 Å². The maximum atomic E-state index is 13.6. The molecule has 2 rings (SSSR count). The molecule has 3 N–H and O–H groups in total. The molecule has 7 nitrogen and oxygen atoms in total. The van der Waals surface area contributed by atoms with Gasteiger partial charge >= 0.3 is 6.03 Å². The number of carbonyl (C=O) groups is 2. The van der Waals surface area contributed by atoms with Crippen molar-refractivity contribution in [2.24, 2.45) is 0 Å². The van der Waals surface area contributed by atoms with Gasteiger partial charge in [-0.3, -0.25) is 9.69 Å². The summed E-state index contributed by atoms with van der Waals surface area (Å²) >= 11 is 0. The van der Waals surface area contributed by atoms with Crippen LogP contribution in [-0.4, -0.2) is 62.8 Å². The van der Waals surface area contributed by atoms with Gasteiger partial charge in [-0.05, 0) is 25.1 Å². The van der Waals surface area contributed by atoms with Crippen LogP contribution in [0.1, 0.15) is 17.3 Å². The zero-order valence-electron chi connectivity index (χ0n) is 13.9. The van der Waals surface area contributed by atoms with E-state index < -0.39 is 17.8 Å². The highest BCUT2D eigenvalue weighted by Crippen LogP contribution is 2.14. The van der Waals surface area contributed by atoms with Gasteiger partial charge in [-0.15, -0.1) is 0 Å². The van der Waals surface area contributed by atoms with Crippen molar-refractivity contribution >= 4 is 17.6 Å². The first-order valence-electron chi connectivity index (χ1n) is 7.89. The van der Waals surface area contributed by atoms with E-state index in [9.17, 15) is 14.0 Å². The number of morpholine rings is 1. The monoisotopic (exact) mass is 338 g/mol. The van der Waals surface area contributed by atoms with Crippen molar-refractivity contribution in [3.63, 3.8) is 0 Å². The molecule has 0 spiro atoms. The molecule has 1 aromatic rings. The Bertz CT molecular complexity index is 591. The SMILES string of the molecule is CNC(=O)c1cc(NC(=O)NC[C@H](C)N2CCOCC2)ccc1F. The lowest BCUT2D eigenvalue weighted by Gasteiger charge is -2.32. The van der Waals surface area contributed by atoms with Gasteiger partial charge in [0.15, 0.2) is 0 Å². The summed E-state index contributed by atoms with van der Waals surface area (Å²) in [5.41, 5.74) is 0.239. The first-order valence-corrected chi connectivity index (χ1v) is 7.89. The molecular weight excluding hydrogens is 315 g/mol. The average Bonchev–Trinajstić information content (AvgIpc) is 2.61. The van der Waals surface area contributed by atoms with E-state index in [1.807, 2.05) is 6.92 Å². The lowest BCUT2D eigenvalue weighted by Crippen LogP contribution is -2.47. The Morgan fingerprint density at radius 3 is 2.71 bits per heavy atom. The van der Waals surface area contributed by atoms with Gasteiger partial charge in [0.2, 0.25) is 0 Å². The molecular formula is C16H23FN4O3. The van der Waals surface area contributed by atoms with Crippen LogP contribution in [0.3, 0.4) is 0 Å². The molecule has 24 heavy (non-hydrogen) atoms. The van der Waals surface area contributed by atoms with E-state index in [1.165, 1.54) is 19.2 Å². The van der Waals surface area contributed by atoms with Crippen LogP contribution in [0.4, 0.5) is 14.9 Å². The van der Waals surface area contributed by atoms with Crippen LogP contribution < -0.4 is 16.0 Å². The van der Waals surface area contributed by atoms with Crippen LogP contribution in [0, 0.1) is 5.82 Å². The first kappa shape index (κ1) is 18.2. The molecule has 1 fully saturated rings. The number of nitrogens with one attached hydrogen (secondary N) is 3. The lowest BCUT2D eigenvalue weighted by molar-refractivity contribution is 0.0209. The average molecular weight is 338 g/mol. The Morgan fingerprint density at radius 1 is 1.33 bits per heavy atom. The maximum Gasteiger partial charge on any atom is 0.319 e. The Kier molecular flexibility index (Phi) is 6.51. The van der Waals surface area contributed by atoms with Crippen molar-refractivity contribution in [1.82, 2.24) is 15.5 Å². The number of nitrogens with zero attached hydrogens (tertiary/aromatic N) is 1. The van der Waals surface area contributed by atoms with E-state index in [1.54, 1.807) is 0 Å². The fourth-order valence-corrected chi connectivity index (χ4v) is 2.47. The summed E-state index contributed by atoms with van der Waals surface area (Å²) in [4.78, 5) is 25.8. The Morgan fingerprint density at radius 2 is 2.04 bits per heavy atom. The van der Waals surface area contributed by atoms with Crippen LogP contribution in [0.15, 0.2) is 18.2 Å². The van der Waals surface area contributed by atoms with Crippen molar-refractivity contribution in [3.8, 4) is 0 Å². The molecule has 132 valence electrons. The molecule has 8 heteroatoms. The fraction of sp³-hybridized carbons (Fsp3) is 0.500. The highest BCUT2D eigenvalue weighted by atomic mass is 19.1. The third-order valence-corrected chi connectivity index (χ3v) is 3.92. The summed E-state index contributed by atoms with van der Waals surface area (Å²) in [5.74, 6) is -1.18. The lowest BCUT2D eigenvalue weighted by atomic mass is 10.1. The molecule has 1 atom stereocenters. The van der Waals surface area contributed by atoms with Crippen molar-refractivity contribution in [3.05, 3.63) is 29.6 Å². The van der Waals surface area contributed by atoms with Crippen LogP contribution >= 0.6 is 0 Å². The fourth-order valence-electron chi connectivity index (χ4n) is 2.47. The smallest absolute Gasteiger partial charge is 0.319 e. The van der Waals surface area contributed by atoms with Crippen LogP contribution in [0.25, 0.3) is 0 Å². The van der Waals surface area contributed by atoms with Gasteiger partial charge in [-0.1, -0.05) is 0 Å². The Balaban J connectivity index is 1.86. The molecule has 3 amide bonds. The second-order valence-electron chi connectivity index (χ2n) is 5.61. The molecule has 0 bridgehead atoms. The van der Waals surface area contributed by atoms with Gasteiger partial charge < -0.3 is 20.7 Å². The van der Waals surface area contributed by atoms with Crippen LogP contribution in [0.2, 0.25) is 0 Å². The summed E-state index contributed by atoms with van der Waals surface area (Å²) in [6.45, 7) is 5.61. The van der Waals surface area contributed by atoms with Gasteiger partial charge in [0.1, 0.15) is 5.82 Å². The van der Waals surface area contributed by atoms with E-state index in [0.717, 1.165) is 19.2 Å². The van der Waals surface area contributed by atoms with Crippen molar-refractivity contribution in [2.45, 2.75) is 13.0 Å². The van der Waals surface area contributed by atoms with Crippen LogP contribution in [-0.2, 0) is 4.74 Å². The minimum atomic E-state index is -0.638. The van der Waals surface area contributed by atoms with Crippen molar-refractivity contribution < 1.29 is 18.7 Å². The quantitative estimate of drug-likeness (QED) is 0.749. The molecule has 0 saturated carbocycles. The summed E-state index contributed by atoms with van der Waals surface area (Å²) in [7, 11) is 1.42. The molecule has 0 unspecified atom stereocenters. The van der Waals surface area contributed by atoms with Gasteiger partial charge in [-0.2, -0.15) is 0 Å². The number of rotatable bonds is 5. The van der Waals surface area contributed by atoms with Crippen molar-refractivity contribution in [2.75, 3.05) is 45.2 Å². The highest BCUT2D eigenvalue weighted by Gasteiger charge is 2.17. The molecule has 0 aromatic heterocycles. The van der Waals surface area contributed by atoms with E-state index in [2.05, 4.69) is 20.9 Å². The number of halogens is 1. The summed E-state index contributed by atoms with van der Waals surface area (Å²) in [6.07, 6.45) is 0. The predicted molar refractivity (Wildman–Crippen MR) is 88.7 cm³/mol. The maximum absolute atomic E-state index is 13.6. The molecule has 1 heterocycles. The van der Waals surface area contributed by atoms with Crippen molar-refractivity contribution in [1.29, 1.82) is 0 Å². The zero-order chi connectivity index (χ0) is 17.5. The minimum absolute atomic E-state index is 0.114. The van der Waals surface area contributed by atoms with E-state index in [0.29, 0.717) is 25.4 Å². The molecule has 1 aliphatic heterocycles. The topological polar surface area (TPSA) is 82.7 Å². The largest absolute Gasteiger partial charge is 0.379 e. The second kappa shape index (κ2) is 8.60. The standard InChI is InChI=1S/C16H23FN4O3/c1-11(21-5-7-24-8-6-21)10-19-16(23)20-12-3-4-14(17)13(9-12)15(22)18-2/h3-4,9,11H,5-8,10H2,1-2H3,(H,18,22)(H2,19,20,23)/t11-/m0/s1. The molecule has 1 aromatic carbocycles. The van der Waals surface area contributed by atoms with Gasteiger partial charge in [0, 0.05) is 38.4 Å². The first-order chi connectivity index (χ1) is 11.5. The number of carbonyl (C=O) groups excluding carboxylic acids is 2. The van der Waals surface area contributed by atoms with Gasteiger partial charge in [0.25, 0.3) is 5.91 Å². The van der Waals surface area contributed by atoms with Crippen LogP contribution in [0.5, 0.6) is 0 Å². The summed E-state index contributed by atoms with van der Waals surface area (Å²) in [6, 6.07) is 3.65. The number of anilines is 1. The highest BCUT2D eigenvalue weighted by molar-refractivity contribution is 5.97. The number of benzene rings is 1. The predicted octanol–water partition coefficient (Wildman–Crippen LogP) is 1.03. The number of amides is 3. The third-order valence-electron chi connectivity index (χ3n) is 3.92. The number of ether oxygens (including phenoxy) is 1. The molecule has 1 aliphatic rings. The second-order valence-corrected chi connectivity index (χ2v) is 5.61. The Labute approximate surface area is 140 Å². The zero-order valence-corrected chi connectivity index (χ0v) is 13.9. The Hall–Kier alpha value is -2.19. The molecule has 0 radical (unpaired) electrons. The summed E-state index contributed by atoms with van der Waals surface area (Å²) in [5, 5.41) is 7.74. The number of hydrogen-bond acceptors (Lipinski definition) is 4. The van der Waals surface area contributed by atoms with Gasteiger partial charge in [0.05, 0.1) is 18.8 Å². The number of hydrogen-bond donors (Lipinski definition) is 3.